The van der Waals surface area contributed by atoms with E-state index < -0.39 is 0 Å². The summed E-state index contributed by atoms with van der Waals surface area (Å²) in [5, 5.41) is 7.71. The fraction of sp³-hybridized carbons (Fsp3) is 0.538. The molecule has 1 aliphatic carbocycles. The third-order valence-corrected chi connectivity index (χ3v) is 4.09. The van der Waals surface area contributed by atoms with Gasteiger partial charge in [-0.15, -0.1) is 5.10 Å². The molecule has 2 aromatic rings. The topological polar surface area (TPSA) is 45.5 Å². The van der Waals surface area contributed by atoms with E-state index in [1.165, 1.54) is 12.8 Å². The second-order valence-electron chi connectivity index (χ2n) is 4.85. The van der Waals surface area contributed by atoms with Crippen molar-refractivity contribution in [1.82, 2.24) is 19.5 Å². The van der Waals surface area contributed by atoms with Gasteiger partial charge in [-0.25, -0.2) is 4.52 Å². The van der Waals surface area contributed by atoms with Crippen LogP contribution in [0.25, 0.3) is 5.65 Å². The van der Waals surface area contributed by atoms with Crippen molar-refractivity contribution < 1.29 is 0 Å². The van der Waals surface area contributed by atoms with Crippen LogP contribution in [0.15, 0.2) is 22.8 Å². The number of pyridine rings is 1. The van der Waals surface area contributed by atoms with Gasteiger partial charge < -0.3 is 5.32 Å². The Hall–Kier alpha value is -1.14. The van der Waals surface area contributed by atoms with Gasteiger partial charge in [0.05, 0.1) is 4.47 Å². The molecule has 3 rings (SSSR count). The lowest BCUT2D eigenvalue weighted by atomic mass is 10.4. The second-order valence-corrected chi connectivity index (χ2v) is 5.70. The molecule has 0 spiro atoms. The smallest absolute Gasteiger partial charge is 0.243 e. The third kappa shape index (κ3) is 2.90. The Morgan fingerprint density at radius 1 is 1.53 bits per heavy atom. The number of rotatable bonds is 6. The Labute approximate surface area is 121 Å². The molecule has 1 N–H and O–H groups in total. The fourth-order valence-corrected chi connectivity index (χ4v) is 2.72. The first-order chi connectivity index (χ1) is 9.28. The van der Waals surface area contributed by atoms with E-state index >= 15 is 0 Å². The molecule has 0 radical (unpaired) electrons. The van der Waals surface area contributed by atoms with E-state index in [1.54, 1.807) is 4.52 Å². The predicted molar refractivity (Wildman–Crippen MR) is 79.4 cm³/mol. The highest BCUT2D eigenvalue weighted by Gasteiger charge is 2.27. The summed E-state index contributed by atoms with van der Waals surface area (Å²) in [6, 6.07) is 4.73. The molecular formula is C13H18BrN5. The summed E-state index contributed by atoms with van der Waals surface area (Å²) in [5.41, 5.74) is 0.847. The normalized spacial score (nSPS) is 15.3. The van der Waals surface area contributed by atoms with Crippen molar-refractivity contribution in [2.45, 2.75) is 25.8 Å². The number of halogens is 1. The fourth-order valence-electron chi connectivity index (χ4n) is 2.30. The number of anilines is 1. The van der Waals surface area contributed by atoms with Crippen molar-refractivity contribution in [3.63, 3.8) is 0 Å². The van der Waals surface area contributed by atoms with Crippen molar-refractivity contribution >= 4 is 27.5 Å². The van der Waals surface area contributed by atoms with Gasteiger partial charge in [-0.1, -0.05) is 6.92 Å². The van der Waals surface area contributed by atoms with E-state index in [0.717, 1.165) is 35.8 Å². The number of likely N-dealkylation sites (N-methyl/N-ethyl adjacent to an activating group) is 1. The Bertz CT molecular complexity index is 563. The summed E-state index contributed by atoms with van der Waals surface area (Å²) >= 11 is 3.48. The van der Waals surface area contributed by atoms with Gasteiger partial charge in [0.1, 0.15) is 0 Å². The first-order valence-corrected chi connectivity index (χ1v) is 7.56. The summed E-state index contributed by atoms with van der Waals surface area (Å²) in [6.45, 7) is 5.28. The van der Waals surface area contributed by atoms with Gasteiger partial charge in [-0.2, -0.15) is 4.98 Å². The minimum Gasteiger partial charge on any atom is -0.352 e. The molecule has 0 aliphatic heterocycles. The SMILES string of the molecule is CCN(CCNc1nc2c(Br)cccn2n1)C1CC1. The van der Waals surface area contributed by atoms with Crippen LogP contribution < -0.4 is 5.32 Å². The Kier molecular flexibility index (Phi) is 3.70. The lowest BCUT2D eigenvalue weighted by Gasteiger charge is -2.19. The molecule has 0 aromatic carbocycles. The third-order valence-electron chi connectivity index (χ3n) is 3.47. The number of aromatic nitrogens is 3. The van der Waals surface area contributed by atoms with Gasteiger partial charge in [0.15, 0.2) is 5.65 Å². The number of fused-ring (bicyclic) bond motifs is 1. The van der Waals surface area contributed by atoms with Crippen molar-refractivity contribution in [3.05, 3.63) is 22.8 Å². The van der Waals surface area contributed by atoms with Crippen LogP contribution in [0.5, 0.6) is 0 Å². The lowest BCUT2D eigenvalue weighted by Crippen LogP contribution is -2.31. The zero-order chi connectivity index (χ0) is 13.2. The van der Waals surface area contributed by atoms with Crippen LogP contribution in [0.3, 0.4) is 0 Å². The summed E-state index contributed by atoms with van der Waals surface area (Å²) in [7, 11) is 0. The van der Waals surface area contributed by atoms with Crippen LogP contribution in [0.1, 0.15) is 19.8 Å². The average Bonchev–Trinajstić information content (AvgIpc) is 3.15. The molecular weight excluding hydrogens is 306 g/mol. The molecule has 0 atom stereocenters. The van der Waals surface area contributed by atoms with Gasteiger partial charge in [0.2, 0.25) is 5.95 Å². The largest absolute Gasteiger partial charge is 0.352 e. The molecule has 0 amide bonds. The molecule has 19 heavy (non-hydrogen) atoms. The molecule has 1 aliphatic rings. The molecule has 2 aromatic heterocycles. The van der Waals surface area contributed by atoms with Gasteiger partial charge in [0, 0.05) is 25.3 Å². The predicted octanol–water partition coefficient (Wildman–Crippen LogP) is 2.39. The molecule has 1 saturated carbocycles. The molecule has 2 heterocycles. The Balaban J connectivity index is 1.60. The molecule has 0 bridgehead atoms. The number of nitrogens with one attached hydrogen (secondary N) is 1. The number of hydrogen-bond acceptors (Lipinski definition) is 4. The first kappa shape index (κ1) is 12.9. The first-order valence-electron chi connectivity index (χ1n) is 6.76. The number of nitrogens with zero attached hydrogens (tertiary/aromatic N) is 4. The molecule has 0 saturated heterocycles. The molecule has 6 heteroatoms. The van der Waals surface area contributed by atoms with Crippen molar-refractivity contribution in [2.24, 2.45) is 0 Å². The quantitative estimate of drug-likeness (QED) is 0.886. The van der Waals surface area contributed by atoms with Crippen LogP contribution in [-0.4, -0.2) is 45.2 Å². The van der Waals surface area contributed by atoms with Crippen molar-refractivity contribution in [3.8, 4) is 0 Å². The summed E-state index contributed by atoms with van der Waals surface area (Å²) in [6.07, 6.45) is 4.61. The van der Waals surface area contributed by atoms with E-state index in [1.807, 2.05) is 18.3 Å². The summed E-state index contributed by atoms with van der Waals surface area (Å²) in [5.74, 6) is 0.693. The van der Waals surface area contributed by atoms with E-state index in [-0.39, 0.29) is 0 Å². The highest BCUT2D eigenvalue weighted by Crippen LogP contribution is 2.26. The second kappa shape index (κ2) is 5.46. The molecule has 1 fully saturated rings. The molecule has 102 valence electrons. The summed E-state index contributed by atoms with van der Waals surface area (Å²) < 4.78 is 2.74. The van der Waals surface area contributed by atoms with E-state index in [0.29, 0.717) is 5.95 Å². The van der Waals surface area contributed by atoms with Crippen LogP contribution in [0.2, 0.25) is 0 Å². The van der Waals surface area contributed by atoms with E-state index in [9.17, 15) is 0 Å². The highest BCUT2D eigenvalue weighted by atomic mass is 79.9. The van der Waals surface area contributed by atoms with Gasteiger partial charge in [-0.05, 0) is 47.4 Å². The summed E-state index contributed by atoms with van der Waals surface area (Å²) in [4.78, 5) is 6.98. The van der Waals surface area contributed by atoms with Gasteiger partial charge in [0.25, 0.3) is 0 Å². The average molecular weight is 324 g/mol. The minimum absolute atomic E-state index is 0.693. The minimum atomic E-state index is 0.693. The number of hydrogen-bond donors (Lipinski definition) is 1. The standard InChI is InChI=1S/C13H18BrN5/c1-2-18(10-5-6-10)9-7-15-13-16-12-11(14)4-3-8-19(12)17-13/h3-4,8,10H,2,5-7,9H2,1H3,(H,15,17). The zero-order valence-electron chi connectivity index (χ0n) is 11.0. The maximum Gasteiger partial charge on any atom is 0.243 e. The molecule has 5 nitrogen and oxygen atoms in total. The van der Waals surface area contributed by atoms with Crippen LogP contribution in [-0.2, 0) is 0 Å². The van der Waals surface area contributed by atoms with Crippen LogP contribution >= 0.6 is 15.9 Å². The van der Waals surface area contributed by atoms with Crippen LogP contribution in [0, 0.1) is 0 Å². The Morgan fingerprint density at radius 2 is 2.37 bits per heavy atom. The van der Waals surface area contributed by atoms with Gasteiger partial charge in [-0.3, -0.25) is 4.90 Å². The maximum atomic E-state index is 4.47. The van der Waals surface area contributed by atoms with Gasteiger partial charge >= 0.3 is 0 Å². The van der Waals surface area contributed by atoms with Crippen LogP contribution in [0.4, 0.5) is 5.95 Å². The Morgan fingerprint density at radius 3 is 3.05 bits per heavy atom. The van der Waals surface area contributed by atoms with E-state index in [4.69, 9.17) is 0 Å². The van der Waals surface area contributed by atoms with Crippen molar-refractivity contribution in [1.29, 1.82) is 0 Å². The van der Waals surface area contributed by atoms with Crippen molar-refractivity contribution in [2.75, 3.05) is 25.0 Å². The lowest BCUT2D eigenvalue weighted by molar-refractivity contribution is 0.289. The zero-order valence-corrected chi connectivity index (χ0v) is 12.6. The molecule has 0 unspecified atom stereocenters. The monoisotopic (exact) mass is 323 g/mol. The van der Waals surface area contributed by atoms with E-state index in [2.05, 4.69) is 43.2 Å². The highest BCUT2D eigenvalue weighted by molar-refractivity contribution is 9.10. The maximum absolute atomic E-state index is 4.47.